The Morgan fingerprint density at radius 2 is 2.15 bits per heavy atom. The van der Waals surface area contributed by atoms with E-state index >= 15 is 0 Å². The highest BCUT2D eigenvalue weighted by atomic mass is 32.1. The Balaban J connectivity index is 1.94. The Bertz CT molecular complexity index is 640. The molecule has 8 heteroatoms. The molecule has 0 aliphatic heterocycles. The molecule has 20 heavy (non-hydrogen) atoms. The second-order valence-electron chi connectivity index (χ2n) is 4.27. The van der Waals surface area contributed by atoms with Crippen LogP contribution in [0.5, 0.6) is 0 Å². The first-order valence-corrected chi connectivity index (χ1v) is 6.97. The predicted octanol–water partition coefficient (Wildman–Crippen LogP) is 0.659. The van der Waals surface area contributed by atoms with E-state index in [4.69, 9.17) is 11.5 Å². The van der Waals surface area contributed by atoms with Gasteiger partial charge in [-0.05, 0) is 18.9 Å². The second-order valence-corrected chi connectivity index (χ2v) is 5.27. The molecular formula is C12H15N5O2S. The number of nitrogens with zero attached hydrogens (tertiary/aromatic N) is 2. The van der Waals surface area contributed by atoms with Crippen LogP contribution in [0.4, 0.5) is 5.69 Å². The van der Waals surface area contributed by atoms with Gasteiger partial charge in [0.05, 0.1) is 11.9 Å². The zero-order valence-electron chi connectivity index (χ0n) is 10.8. The average molecular weight is 293 g/mol. The quantitative estimate of drug-likeness (QED) is 0.675. The lowest BCUT2D eigenvalue weighted by Gasteiger charge is -2.03. The molecule has 0 spiro atoms. The largest absolute Gasteiger partial charge is 0.397 e. The van der Waals surface area contributed by atoms with Gasteiger partial charge in [-0.3, -0.25) is 9.59 Å². The van der Waals surface area contributed by atoms with Crippen LogP contribution < -0.4 is 16.8 Å². The highest BCUT2D eigenvalue weighted by Crippen LogP contribution is 2.31. The van der Waals surface area contributed by atoms with E-state index in [1.807, 2.05) is 0 Å². The van der Waals surface area contributed by atoms with Crippen LogP contribution in [-0.2, 0) is 4.79 Å². The van der Waals surface area contributed by atoms with Crippen molar-refractivity contribution in [3.05, 3.63) is 17.1 Å². The number of thiophene rings is 1. The van der Waals surface area contributed by atoms with Gasteiger partial charge in [0.1, 0.15) is 9.71 Å². The standard InChI is InChI=1S/C12H15N5O2S/c13-8(18)3-1-2-5-15-11(19)10-9(14)7-4-6-16-17-12(7)20-10/h4,6H,1-3,5,14H2,(H2,13,18)(H,15,19). The zero-order chi connectivity index (χ0) is 14.5. The lowest BCUT2D eigenvalue weighted by atomic mass is 10.2. The summed E-state index contributed by atoms with van der Waals surface area (Å²) >= 11 is 1.22. The summed E-state index contributed by atoms with van der Waals surface area (Å²) in [6, 6.07) is 1.73. The Labute approximate surface area is 119 Å². The first kappa shape index (κ1) is 14.2. The van der Waals surface area contributed by atoms with Crippen molar-refractivity contribution >= 4 is 39.1 Å². The molecule has 0 unspecified atom stereocenters. The third kappa shape index (κ3) is 3.21. The molecule has 2 aromatic heterocycles. The van der Waals surface area contributed by atoms with Gasteiger partial charge in [-0.1, -0.05) is 0 Å². The molecule has 2 amide bonds. The molecule has 5 N–H and O–H groups in total. The molecule has 0 saturated carbocycles. The van der Waals surface area contributed by atoms with Gasteiger partial charge < -0.3 is 16.8 Å². The third-order valence-electron chi connectivity index (χ3n) is 2.76. The molecular weight excluding hydrogens is 278 g/mol. The maximum Gasteiger partial charge on any atom is 0.263 e. The molecule has 2 rings (SSSR count). The number of fused-ring (bicyclic) bond motifs is 1. The monoisotopic (exact) mass is 293 g/mol. The van der Waals surface area contributed by atoms with Crippen molar-refractivity contribution in [3.8, 4) is 0 Å². The van der Waals surface area contributed by atoms with Gasteiger partial charge in [0, 0.05) is 18.4 Å². The number of hydrogen-bond acceptors (Lipinski definition) is 6. The van der Waals surface area contributed by atoms with E-state index in [2.05, 4.69) is 15.5 Å². The summed E-state index contributed by atoms with van der Waals surface area (Å²) in [7, 11) is 0. The number of unbranched alkanes of at least 4 members (excludes halogenated alkanes) is 1. The highest BCUT2D eigenvalue weighted by molar-refractivity contribution is 7.21. The minimum Gasteiger partial charge on any atom is -0.397 e. The highest BCUT2D eigenvalue weighted by Gasteiger charge is 2.16. The van der Waals surface area contributed by atoms with Crippen LogP contribution >= 0.6 is 11.3 Å². The molecule has 0 radical (unpaired) electrons. The number of hydrogen-bond donors (Lipinski definition) is 3. The van der Waals surface area contributed by atoms with Gasteiger partial charge in [-0.15, -0.1) is 16.4 Å². The summed E-state index contributed by atoms with van der Waals surface area (Å²) in [6.45, 7) is 0.478. The van der Waals surface area contributed by atoms with Crippen molar-refractivity contribution in [1.29, 1.82) is 0 Å². The molecule has 2 aromatic rings. The Morgan fingerprint density at radius 3 is 2.85 bits per heavy atom. The van der Waals surface area contributed by atoms with E-state index in [1.165, 1.54) is 17.5 Å². The fraction of sp³-hybridized carbons (Fsp3) is 0.333. The van der Waals surface area contributed by atoms with Crippen molar-refractivity contribution in [2.45, 2.75) is 19.3 Å². The predicted molar refractivity (Wildman–Crippen MR) is 77.2 cm³/mol. The number of nitrogens with one attached hydrogen (secondary N) is 1. The fourth-order valence-corrected chi connectivity index (χ4v) is 2.70. The minimum absolute atomic E-state index is 0.232. The fourth-order valence-electron chi connectivity index (χ4n) is 1.75. The number of nitrogen functional groups attached to an aromatic ring is 1. The number of carbonyl (C=O) groups excluding carboxylic acids is 2. The maximum absolute atomic E-state index is 12.0. The van der Waals surface area contributed by atoms with Crippen LogP contribution in [0.15, 0.2) is 12.3 Å². The van der Waals surface area contributed by atoms with Crippen LogP contribution in [0.2, 0.25) is 0 Å². The number of aromatic nitrogens is 2. The minimum atomic E-state index is -0.330. The van der Waals surface area contributed by atoms with Crippen LogP contribution in [0.25, 0.3) is 10.2 Å². The number of amides is 2. The van der Waals surface area contributed by atoms with Crippen molar-refractivity contribution in [2.75, 3.05) is 12.3 Å². The number of rotatable bonds is 6. The Hall–Kier alpha value is -2.22. The molecule has 0 aliphatic rings. The van der Waals surface area contributed by atoms with Crippen LogP contribution in [0.3, 0.4) is 0 Å². The van der Waals surface area contributed by atoms with Crippen molar-refractivity contribution in [2.24, 2.45) is 5.73 Å². The van der Waals surface area contributed by atoms with Crippen LogP contribution in [0.1, 0.15) is 28.9 Å². The van der Waals surface area contributed by atoms with Crippen LogP contribution in [-0.4, -0.2) is 28.6 Å². The summed E-state index contributed by atoms with van der Waals surface area (Å²) < 4.78 is 0. The Kier molecular flexibility index (Phi) is 4.46. The molecule has 2 heterocycles. The molecule has 0 bridgehead atoms. The lowest BCUT2D eigenvalue weighted by molar-refractivity contribution is -0.118. The zero-order valence-corrected chi connectivity index (χ0v) is 11.6. The molecule has 0 aromatic carbocycles. The first-order chi connectivity index (χ1) is 9.59. The van der Waals surface area contributed by atoms with E-state index in [-0.39, 0.29) is 11.8 Å². The van der Waals surface area contributed by atoms with E-state index < -0.39 is 0 Å². The number of primary amides is 1. The van der Waals surface area contributed by atoms with Gasteiger partial charge in [0.25, 0.3) is 5.91 Å². The van der Waals surface area contributed by atoms with Crippen molar-refractivity contribution in [1.82, 2.24) is 15.5 Å². The number of anilines is 1. The molecule has 106 valence electrons. The van der Waals surface area contributed by atoms with E-state index in [9.17, 15) is 9.59 Å². The smallest absolute Gasteiger partial charge is 0.263 e. The molecule has 0 atom stereocenters. The summed E-state index contributed by atoms with van der Waals surface area (Å²) in [5.41, 5.74) is 11.4. The SMILES string of the molecule is NC(=O)CCCCNC(=O)c1sc2nnccc2c1N. The van der Waals surface area contributed by atoms with Crippen molar-refractivity contribution in [3.63, 3.8) is 0 Å². The van der Waals surface area contributed by atoms with Gasteiger partial charge in [-0.2, -0.15) is 5.10 Å². The summed E-state index contributed by atoms with van der Waals surface area (Å²) in [6.07, 6.45) is 3.22. The van der Waals surface area contributed by atoms with E-state index in [0.29, 0.717) is 41.2 Å². The van der Waals surface area contributed by atoms with E-state index in [1.54, 1.807) is 6.07 Å². The third-order valence-corrected chi connectivity index (χ3v) is 3.87. The van der Waals surface area contributed by atoms with Gasteiger partial charge in [-0.25, -0.2) is 0 Å². The van der Waals surface area contributed by atoms with Gasteiger partial charge in [0.2, 0.25) is 5.91 Å². The molecule has 0 saturated heterocycles. The van der Waals surface area contributed by atoms with Gasteiger partial charge in [0.15, 0.2) is 0 Å². The summed E-state index contributed by atoms with van der Waals surface area (Å²) in [5, 5.41) is 11.2. The lowest BCUT2D eigenvalue weighted by Crippen LogP contribution is -2.24. The number of carbonyl (C=O) groups is 2. The Morgan fingerprint density at radius 1 is 1.35 bits per heavy atom. The summed E-state index contributed by atoms with van der Waals surface area (Å²) in [5.74, 6) is -0.562. The first-order valence-electron chi connectivity index (χ1n) is 6.15. The summed E-state index contributed by atoms with van der Waals surface area (Å²) in [4.78, 5) is 23.7. The van der Waals surface area contributed by atoms with Crippen molar-refractivity contribution < 1.29 is 9.59 Å². The van der Waals surface area contributed by atoms with E-state index in [0.717, 1.165) is 5.39 Å². The molecule has 7 nitrogen and oxygen atoms in total. The topological polar surface area (TPSA) is 124 Å². The molecule has 0 aliphatic carbocycles. The maximum atomic E-state index is 12.0. The second kappa shape index (κ2) is 6.29. The van der Waals surface area contributed by atoms with Crippen LogP contribution in [0, 0.1) is 0 Å². The average Bonchev–Trinajstić information content (AvgIpc) is 2.76. The molecule has 0 fully saturated rings. The van der Waals surface area contributed by atoms with Gasteiger partial charge >= 0.3 is 0 Å². The number of nitrogens with two attached hydrogens (primary N) is 2. The normalized spacial score (nSPS) is 10.6.